The molecule has 0 unspecified atom stereocenters. The lowest BCUT2D eigenvalue weighted by Crippen LogP contribution is -2.17. The Morgan fingerprint density at radius 1 is 1.11 bits per heavy atom. The van der Waals surface area contributed by atoms with Gasteiger partial charge in [0.2, 0.25) is 0 Å². The molecule has 2 heterocycles. The largest absolute Gasteiger partial charge is 0.321 e. The van der Waals surface area contributed by atoms with E-state index in [2.05, 4.69) is 15.4 Å². The lowest BCUT2D eigenvalue weighted by atomic mass is 10.2. The molecule has 0 atom stereocenters. The molecule has 0 aliphatic rings. The van der Waals surface area contributed by atoms with E-state index in [-0.39, 0.29) is 5.91 Å². The van der Waals surface area contributed by atoms with Gasteiger partial charge in [-0.2, -0.15) is 5.10 Å². The zero-order valence-corrected chi connectivity index (χ0v) is 16.1. The van der Waals surface area contributed by atoms with E-state index < -0.39 is 0 Å². The second-order valence-electron chi connectivity index (χ2n) is 6.16. The van der Waals surface area contributed by atoms with E-state index in [0.29, 0.717) is 12.2 Å². The van der Waals surface area contributed by atoms with Crippen molar-refractivity contribution in [2.45, 2.75) is 11.7 Å². The van der Waals surface area contributed by atoms with Crippen LogP contribution in [0.3, 0.4) is 0 Å². The van der Waals surface area contributed by atoms with E-state index >= 15 is 0 Å². The van der Waals surface area contributed by atoms with Gasteiger partial charge >= 0.3 is 0 Å². The fourth-order valence-corrected chi connectivity index (χ4v) is 3.53. The van der Waals surface area contributed by atoms with Crippen molar-refractivity contribution < 1.29 is 4.79 Å². The number of aromatic nitrogens is 4. The van der Waals surface area contributed by atoms with Crippen LogP contribution in [0, 0.1) is 0 Å². The molecular weight excluding hydrogens is 370 g/mol. The molecule has 4 rings (SSSR count). The topological polar surface area (TPSA) is 64.7 Å². The molecule has 2 aromatic heterocycles. The Bertz CT molecular complexity index is 1070. The number of benzene rings is 2. The first-order chi connectivity index (χ1) is 13.7. The van der Waals surface area contributed by atoms with Crippen LogP contribution >= 0.6 is 11.8 Å². The molecule has 0 fully saturated rings. The van der Waals surface area contributed by atoms with Crippen LogP contribution in [-0.4, -0.2) is 31.5 Å². The van der Waals surface area contributed by atoms with Gasteiger partial charge < -0.3 is 5.32 Å². The summed E-state index contributed by atoms with van der Waals surface area (Å²) in [6, 6.07) is 19.4. The molecule has 28 heavy (non-hydrogen) atoms. The number of carbonyl (C=O) groups excluding carboxylic acids is 1. The molecule has 0 radical (unpaired) electrons. The van der Waals surface area contributed by atoms with E-state index in [4.69, 9.17) is 0 Å². The number of amides is 1. The summed E-state index contributed by atoms with van der Waals surface area (Å²) in [5.41, 5.74) is 3.19. The number of hydrogen-bond donors (Lipinski definition) is 1. The van der Waals surface area contributed by atoms with Crippen molar-refractivity contribution in [3.8, 4) is 5.69 Å². The molecule has 0 saturated carbocycles. The van der Waals surface area contributed by atoms with Crippen LogP contribution in [0.15, 0.2) is 84.4 Å². The Hall–Kier alpha value is -3.32. The van der Waals surface area contributed by atoms with Crippen LogP contribution < -0.4 is 5.32 Å². The number of thioether (sulfide) groups is 1. The maximum atomic E-state index is 13.0. The first-order valence-electron chi connectivity index (χ1n) is 8.79. The van der Waals surface area contributed by atoms with Gasteiger partial charge in [-0.15, -0.1) is 0 Å². The van der Waals surface area contributed by atoms with Crippen molar-refractivity contribution in [2.24, 2.45) is 0 Å². The Morgan fingerprint density at radius 2 is 1.96 bits per heavy atom. The van der Waals surface area contributed by atoms with Gasteiger partial charge in [0.25, 0.3) is 5.91 Å². The molecular formula is C21H19N5OS. The fourth-order valence-electron chi connectivity index (χ4n) is 2.99. The molecule has 0 bridgehead atoms. The highest BCUT2D eigenvalue weighted by Gasteiger charge is 2.17. The zero-order valence-electron chi connectivity index (χ0n) is 15.3. The molecule has 1 amide bonds. The van der Waals surface area contributed by atoms with Gasteiger partial charge in [-0.25, -0.2) is 4.98 Å². The van der Waals surface area contributed by atoms with Crippen LogP contribution in [0.25, 0.3) is 5.69 Å². The van der Waals surface area contributed by atoms with Crippen molar-refractivity contribution in [3.63, 3.8) is 0 Å². The van der Waals surface area contributed by atoms with Crippen LogP contribution in [-0.2, 0) is 6.54 Å². The smallest absolute Gasteiger partial charge is 0.274 e. The minimum absolute atomic E-state index is 0.201. The molecule has 0 aliphatic heterocycles. The van der Waals surface area contributed by atoms with E-state index in [0.717, 1.165) is 22.1 Å². The molecule has 7 heteroatoms. The minimum Gasteiger partial charge on any atom is -0.321 e. The van der Waals surface area contributed by atoms with Crippen molar-refractivity contribution in [3.05, 3.63) is 90.5 Å². The SMILES string of the molecule is CSc1ncc(C(=O)Nc2cccc(Cn3cccn3)c2)n1-c1ccccc1. The Kier molecular flexibility index (Phi) is 5.25. The van der Waals surface area contributed by atoms with Crippen LogP contribution in [0.5, 0.6) is 0 Å². The lowest BCUT2D eigenvalue weighted by molar-refractivity contribution is 0.102. The highest BCUT2D eigenvalue weighted by atomic mass is 32.2. The van der Waals surface area contributed by atoms with E-state index in [9.17, 15) is 4.79 Å². The van der Waals surface area contributed by atoms with Gasteiger partial charge in [0.05, 0.1) is 12.7 Å². The maximum Gasteiger partial charge on any atom is 0.274 e. The molecule has 140 valence electrons. The number of para-hydroxylation sites is 1. The number of anilines is 1. The quantitative estimate of drug-likeness (QED) is 0.505. The van der Waals surface area contributed by atoms with E-state index in [1.807, 2.05) is 82.4 Å². The zero-order chi connectivity index (χ0) is 19.3. The third-order valence-electron chi connectivity index (χ3n) is 4.25. The Morgan fingerprint density at radius 3 is 2.71 bits per heavy atom. The number of carbonyl (C=O) groups is 1. The van der Waals surface area contributed by atoms with Gasteiger partial charge in [0.15, 0.2) is 5.16 Å². The third kappa shape index (κ3) is 3.84. The standard InChI is InChI=1S/C21H19N5OS/c1-28-21-22-14-19(26(21)18-9-3-2-4-10-18)20(27)24-17-8-5-7-16(13-17)15-25-12-6-11-23-25/h2-14H,15H2,1H3,(H,24,27). The summed E-state index contributed by atoms with van der Waals surface area (Å²) in [5, 5.41) is 7.98. The molecule has 1 N–H and O–H groups in total. The summed E-state index contributed by atoms with van der Waals surface area (Å²) in [7, 11) is 0. The summed E-state index contributed by atoms with van der Waals surface area (Å²) in [6.45, 7) is 0.648. The maximum absolute atomic E-state index is 13.0. The van der Waals surface area contributed by atoms with Gasteiger partial charge in [0.1, 0.15) is 5.69 Å². The predicted octanol–water partition coefficient (Wildman–Crippen LogP) is 4.09. The normalized spacial score (nSPS) is 10.8. The molecule has 6 nitrogen and oxygen atoms in total. The van der Waals surface area contributed by atoms with Crippen molar-refractivity contribution in [1.29, 1.82) is 0 Å². The minimum atomic E-state index is -0.201. The molecule has 2 aromatic carbocycles. The Balaban J connectivity index is 1.59. The average Bonchev–Trinajstić information content (AvgIpc) is 3.38. The Labute approximate surface area is 167 Å². The van der Waals surface area contributed by atoms with Crippen LogP contribution in [0.4, 0.5) is 5.69 Å². The summed E-state index contributed by atoms with van der Waals surface area (Å²) in [6.07, 6.45) is 7.22. The second kappa shape index (κ2) is 8.14. The fraction of sp³-hybridized carbons (Fsp3) is 0.0952. The van der Waals surface area contributed by atoms with E-state index in [1.54, 1.807) is 12.4 Å². The van der Waals surface area contributed by atoms with Gasteiger partial charge in [-0.05, 0) is 42.2 Å². The lowest BCUT2D eigenvalue weighted by Gasteiger charge is -2.12. The molecule has 0 aliphatic carbocycles. The highest BCUT2D eigenvalue weighted by molar-refractivity contribution is 7.98. The predicted molar refractivity (Wildman–Crippen MR) is 111 cm³/mol. The summed E-state index contributed by atoms with van der Waals surface area (Å²) < 4.78 is 3.71. The number of nitrogens with one attached hydrogen (secondary N) is 1. The highest BCUT2D eigenvalue weighted by Crippen LogP contribution is 2.22. The van der Waals surface area contributed by atoms with Crippen molar-refractivity contribution in [1.82, 2.24) is 19.3 Å². The van der Waals surface area contributed by atoms with Crippen LogP contribution in [0.2, 0.25) is 0 Å². The van der Waals surface area contributed by atoms with E-state index in [1.165, 1.54) is 11.8 Å². The van der Waals surface area contributed by atoms with Gasteiger partial charge in [-0.3, -0.25) is 14.0 Å². The number of rotatable bonds is 6. The molecule has 0 spiro atoms. The number of imidazole rings is 1. The summed E-state index contributed by atoms with van der Waals surface area (Å²) >= 11 is 1.50. The van der Waals surface area contributed by atoms with Gasteiger partial charge in [-0.1, -0.05) is 42.1 Å². The first-order valence-corrected chi connectivity index (χ1v) is 10.0. The third-order valence-corrected chi connectivity index (χ3v) is 4.90. The first kappa shape index (κ1) is 18.1. The van der Waals surface area contributed by atoms with Crippen molar-refractivity contribution >= 4 is 23.4 Å². The number of nitrogens with zero attached hydrogens (tertiary/aromatic N) is 4. The summed E-state index contributed by atoms with van der Waals surface area (Å²) in [4.78, 5) is 17.4. The monoisotopic (exact) mass is 389 g/mol. The van der Waals surface area contributed by atoms with Crippen molar-refractivity contribution in [2.75, 3.05) is 11.6 Å². The molecule has 0 saturated heterocycles. The molecule has 4 aromatic rings. The average molecular weight is 389 g/mol. The summed E-state index contributed by atoms with van der Waals surface area (Å²) in [5.74, 6) is -0.201. The van der Waals surface area contributed by atoms with Crippen LogP contribution in [0.1, 0.15) is 16.1 Å². The second-order valence-corrected chi connectivity index (χ2v) is 6.93. The van der Waals surface area contributed by atoms with Gasteiger partial charge in [0, 0.05) is 23.8 Å². The number of hydrogen-bond acceptors (Lipinski definition) is 4.